The van der Waals surface area contributed by atoms with E-state index < -0.39 is 0 Å². The van der Waals surface area contributed by atoms with Crippen molar-refractivity contribution in [1.82, 2.24) is 14.5 Å². The SMILES string of the molecule is Cc1nc(-c2ccncc2)n2c1CCC(N)C2. The third kappa shape index (κ3) is 1.74. The summed E-state index contributed by atoms with van der Waals surface area (Å²) in [6.07, 6.45) is 5.69. The van der Waals surface area contributed by atoms with Gasteiger partial charge in [-0.15, -0.1) is 0 Å². The van der Waals surface area contributed by atoms with Crippen LogP contribution in [0.1, 0.15) is 17.8 Å². The number of hydrogen-bond donors (Lipinski definition) is 1. The Morgan fingerprint density at radius 2 is 2.12 bits per heavy atom. The van der Waals surface area contributed by atoms with E-state index in [2.05, 4.69) is 21.5 Å². The van der Waals surface area contributed by atoms with Crippen molar-refractivity contribution in [1.29, 1.82) is 0 Å². The first kappa shape index (κ1) is 10.5. The number of nitrogens with two attached hydrogens (primary N) is 1. The van der Waals surface area contributed by atoms with Gasteiger partial charge in [0.2, 0.25) is 0 Å². The van der Waals surface area contributed by atoms with E-state index in [1.165, 1.54) is 5.69 Å². The van der Waals surface area contributed by atoms with Gasteiger partial charge in [0, 0.05) is 36.2 Å². The molecule has 1 unspecified atom stereocenters. The molecule has 0 radical (unpaired) electrons. The summed E-state index contributed by atoms with van der Waals surface area (Å²) < 4.78 is 2.26. The lowest BCUT2D eigenvalue weighted by Gasteiger charge is -2.22. The Balaban J connectivity index is 2.13. The molecule has 2 aromatic rings. The molecule has 1 atom stereocenters. The maximum atomic E-state index is 6.04. The number of hydrogen-bond acceptors (Lipinski definition) is 3. The Hall–Kier alpha value is -1.68. The standard InChI is InChI=1S/C13H16N4/c1-9-12-3-2-11(14)8-17(12)13(16-9)10-4-6-15-7-5-10/h4-7,11H,2-3,8,14H2,1H3. The summed E-state index contributed by atoms with van der Waals surface area (Å²) >= 11 is 0. The lowest BCUT2D eigenvalue weighted by Crippen LogP contribution is -2.32. The van der Waals surface area contributed by atoms with Crippen molar-refractivity contribution in [3.05, 3.63) is 35.9 Å². The Morgan fingerprint density at radius 3 is 2.88 bits per heavy atom. The third-order valence-electron chi connectivity index (χ3n) is 3.38. The zero-order valence-corrected chi connectivity index (χ0v) is 9.93. The summed E-state index contributed by atoms with van der Waals surface area (Å²) in [6.45, 7) is 2.95. The first-order valence-corrected chi connectivity index (χ1v) is 5.97. The summed E-state index contributed by atoms with van der Waals surface area (Å²) in [5.41, 5.74) is 9.62. The van der Waals surface area contributed by atoms with Crippen LogP contribution < -0.4 is 5.73 Å². The highest BCUT2D eigenvalue weighted by molar-refractivity contribution is 5.56. The third-order valence-corrected chi connectivity index (χ3v) is 3.38. The molecule has 2 aromatic heterocycles. The van der Waals surface area contributed by atoms with Gasteiger partial charge in [-0.05, 0) is 31.9 Å². The van der Waals surface area contributed by atoms with E-state index in [1.807, 2.05) is 12.1 Å². The van der Waals surface area contributed by atoms with Crippen LogP contribution in [0.4, 0.5) is 0 Å². The molecule has 88 valence electrons. The Kier molecular flexibility index (Phi) is 2.44. The molecule has 3 rings (SSSR count). The van der Waals surface area contributed by atoms with Crippen LogP contribution in [0.5, 0.6) is 0 Å². The molecule has 0 spiro atoms. The van der Waals surface area contributed by atoms with Gasteiger partial charge in [-0.3, -0.25) is 4.98 Å². The molecule has 2 N–H and O–H groups in total. The van der Waals surface area contributed by atoms with Gasteiger partial charge < -0.3 is 10.3 Å². The van der Waals surface area contributed by atoms with Gasteiger partial charge in [0.15, 0.2) is 0 Å². The molecule has 0 fully saturated rings. The fraction of sp³-hybridized carbons (Fsp3) is 0.385. The van der Waals surface area contributed by atoms with E-state index in [4.69, 9.17) is 5.73 Å². The smallest absolute Gasteiger partial charge is 0.140 e. The Labute approximate surface area is 101 Å². The molecule has 0 saturated heterocycles. The van der Waals surface area contributed by atoms with Crippen LogP contribution in [-0.4, -0.2) is 20.6 Å². The fourth-order valence-corrected chi connectivity index (χ4v) is 2.49. The van der Waals surface area contributed by atoms with Gasteiger partial charge in [-0.2, -0.15) is 0 Å². The molecule has 0 aliphatic carbocycles. The van der Waals surface area contributed by atoms with Crippen molar-refractivity contribution in [3.63, 3.8) is 0 Å². The van der Waals surface area contributed by atoms with E-state index in [9.17, 15) is 0 Å². The quantitative estimate of drug-likeness (QED) is 0.805. The van der Waals surface area contributed by atoms with Gasteiger partial charge in [-0.25, -0.2) is 4.98 Å². The maximum absolute atomic E-state index is 6.04. The predicted octanol–water partition coefficient (Wildman–Crippen LogP) is 1.53. The number of aromatic nitrogens is 3. The molecule has 0 bridgehead atoms. The molecule has 1 aliphatic heterocycles. The number of pyridine rings is 1. The van der Waals surface area contributed by atoms with E-state index >= 15 is 0 Å². The van der Waals surface area contributed by atoms with Crippen LogP contribution in [0.25, 0.3) is 11.4 Å². The van der Waals surface area contributed by atoms with Gasteiger partial charge in [-0.1, -0.05) is 0 Å². The molecular weight excluding hydrogens is 212 g/mol. The highest BCUT2D eigenvalue weighted by Gasteiger charge is 2.22. The number of imidazole rings is 1. The molecular formula is C13H16N4. The van der Waals surface area contributed by atoms with Crippen LogP contribution in [0.3, 0.4) is 0 Å². The van der Waals surface area contributed by atoms with Crippen LogP contribution in [-0.2, 0) is 13.0 Å². The molecule has 17 heavy (non-hydrogen) atoms. The second kappa shape index (κ2) is 3.96. The van der Waals surface area contributed by atoms with Crippen LogP contribution in [0.2, 0.25) is 0 Å². The monoisotopic (exact) mass is 228 g/mol. The first-order valence-electron chi connectivity index (χ1n) is 5.97. The van der Waals surface area contributed by atoms with Crippen LogP contribution in [0.15, 0.2) is 24.5 Å². The predicted molar refractivity (Wildman–Crippen MR) is 66.5 cm³/mol. The highest BCUT2D eigenvalue weighted by Crippen LogP contribution is 2.26. The minimum absolute atomic E-state index is 0.247. The number of nitrogens with zero attached hydrogens (tertiary/aromatic N) is 3. The van der Waals surface area contributed by atoms with Crippen molar-refractivity contribution in [3.8, 4) is 11.4 Å². The van der Waals surface area contributed by atoms with Gasteiger partial charge >= 0.3 is 0 Å². The Bertz CT molecular complexity index is 530. The average molecular weight is 228 g/mol. The summed E-state index contributed by atoms with van der Waals surface area (Å²) in [5.74, 6) is 1.02. The number of aryl methyl sites for hydroxylation is 1. The van der Waals surface area contributed by atoms with Gasteiger partial charge in [0.25, 0.3) is 0 Å². The zero-order chi connectivity index (χ0) is 11.8. The zero-order valence-electron chi connectivity index (χ0n) is 9.93. The van der Waals surface area contributed by atoms with E-state index in [1.54, 1.807) is 12.4 Å². The largest absolute Gasteiger partial charge is 0.326 e. The van der Waals surface area contributed by atoms with Crippen molar-refractivity contribution < 1.29 is 0 Å². The number of rotatable bonds is 1. The second-order valence-electron chi connectivity index (χ2n) is 4.61. The lowest BCUT2D eigenvalue weighted by atomic mass is 10.0. The maximum Gasteiger partial charge on any atom is 0.140 e. The minimum Gasteiger partial charge on any atom is -0.326 e. The van der Waals surface area contributed by atoms with Gasteiger partial charge in [0.05, 0.1) is 5.69 Å². The molecule has 4 heteroatoms. The summed E-state index contributed by atoms with van der Waals surface area (Å²) in [5, 5.41) is 0. The topological polar surface area (TPSA) is 56.7 Å². The lowest BCUT2D eigenvalue weighted by molar-refractivity contribution is 0.462. The van der Waals surface area contributed by atoms with Crippen molar-refractivity contribution in [2.45, 2.75) is 32.4 Å². The molecule has 0 saturated carbocycles. The van der Waals surface area contributed by atoms with Crippen molar-refractivity contribution in [2.24, 2.45) is 5.73 Å². The normalized spacial score (nSPS) is 19.1. The summed E-state index contributed by atoms with van der Waals surface area (Å²) in [4.78, 5) is 8.72. The fourth-order valence-electron chi connectivity index (χ4n) is 2.49. The van der Waals surface area contributed by atoms with E-state index in [-0.39, 0.29) is 6.04 Å². The molecule has 0 aromatic carbocycles. The molecule has 0 amide bonds. The highest BCUT2D eigenvalue weighted by atomic mass is 15.1. The molecule has 1 aliphatic rings. The average Bonchev–Trinajstić information content (AvgIpc) is 2.67. The second-order valence-corrected chi connectivity index (χ2v) is 4.61. The van der Waals surface area contributed by atoms with Crippen molar-refractivity contribution >= 4 is 0 Å². The van der Waals surface area contributed by atoms with E-state index in [0.717, 1.165) is 36.5 Å². The van der Waals surface area contributed by atoms with Crippen molar-refractivity contribution in [2.75, 3.05) is 0 Å². The minimum atomic E-state index is 0.247. The summed E-state index contributed by atoms with van der Waals surface area (Å²) in [7, 11) is 0. The number of fused-ring (bicyclic) bond motifs is 1. The van der Waals surface area contributed by atoms with Crippen LogP contribution in [0, 0.1) is 6.92 Å². The van der Waals surface area contributed by atoms with Crippen LogP contribution >= 0.6 is 0 Å². The molecule has 3 heterocycles. The van der Waals surface area contributed by atoms with Gasteiger partial charge in [0.1, 0.15) is 5.82 Å². The van der Waals surface area contributed by atoms with E-state index in [0.29, 0.717) is 0 Å². The first-order chi connectivity index (χ1) is 8.25. The Morgan fingerprint density at radius 1 is 1.35 bits per heavy atom. The molecule has 4 nitrogen and oxygen atoms in total. The summed E-state index contributed by atoms with van der Waals surface area (Å²) in [6, 6.07) is 4.24.